The van der Waals surface area contributed by atoms with Crippen molar-refractivity contribution in [3.8, 4) is 0 Å². The van der Waals surface area contributed by atoms with Gasteiger partial charge in [-0.3, -0.25) is 4.79 Å². The standard InChI is InChI=1S/C9H10O4S2/c1-4-6(7(10)11)5(14)2-3-9(4,15)8(12)13/h2-4,14-15H,1H3,(H,10,11)(H,12,13). The number of rotatable bonds is 2. The smallest absolute Gasteiger partial charge is 0.333 e. The molecule has 0 aromatic heterocycles. The third-order valence-corrected chi connectivity index (χ3v) is 3.56. The maximum atomic E-state index is 11.0. The molecule has 2 unspecified atom stereocenters. The van der Waals surface area contributed by atoms with Gasteiger partial charge in [-0.05, 0) is 0 Å². The van der Waals surface area contributed by atoms with Crippen molar-refractivity contribution in [1.82, 2.24) is 0 Å². The number of allylic oxidation sites excluding steroid dienone is 1. The normalized spacial score (nSPS) is 30.5. The van der Waals surface area contributed by atoms with Crippen molar-refractivity contribution in [3.63, 3.8) is 0 Å². The third kappa shape index (κ3) is 1.91. The first-order valence-corrected chi connectivity index (χ1v) is 5.01. The lowest BCUT2D eigenvalue weighted by Gasteiger charge is -2.31. The van der Waals surface area contributed by atoms with Crippen molar-refractivity contribution in [3.05, 3.63) is 22.6 Å². The Morgan fingerprint density at radius 3 is 2.40 bits per heavy atom. The molecular formula is C9H10O4S2. The molecule has 82 valence electrons. The van der Waals surface area contributed by atoms with Crippen molar-refractivity contribution in [1.29, 1.82) is 0 Å². The first-order chi connectivity index (χ1) is 6.80. The summed E-state index contributed by atoms with van der Waals surface area (Å²) in [5, 5.41) is 17.9. The highest BCUT2D eigenvalue weighted by Crippen LogP contribution is 2.39. The van der Waals surface area contributed by atoms with E-state index in [1.165, 1.54) is 19.1 Å². The molecule has 1 rings (SSSR count). The Hall–Kier alpha value is -0.880. The van der Waals surface area contributed by atoms with Gasteiger partial charge in [0.1, 0.15) is 4.75 Å². The molecular weight excluding hydrogens is 236 g/mol. The van der Waals surface area contributed by atoms with E-state index in [1.807, 2.05) is 0 Å². The van der Waals surface area contributed by atoms with Crippen LogP contribution in [-0.2, 0) is 9.59 Å². The molecule has 6 heteroatoms. The van der Waals surface area contributed by atoms with Gasteiger partial charge in [0.25, 0.3) is 0 Å². The fourth-order valence-electron chi connectivity index (χ4n) is 1.43. The van der Waals surface area contributed by atoms with Gasteiger partial charge in [0.15, 0.2) is 0 Å². The maximum absolute atomic E-state index is 11.0. The number of carboxylic acid groups (broad SMARTS) is 2. The molecule has 0 heterocycles. The summed E-state index contributed by atoms with van der Waals surface area (Å²) < 4.78 is -1.49. The highest BCUT2D eigenvalue weighted by atomic mass is 32.1. The van der Waals surface area contributed by atoms with Gasteiger partial charge in [0.2, 0.25) is 0 Å². The van der Waals surface area contributed by atoms with Crippen LogP contribution in [0.4, 0.5) is 0 Å². The molecule has 1 aliphatic carbocycles. The predicted octanol–water partition coefficient (Wildman–Crippen LogP) is 1.21. The van der Waals surface area contributed by atoms with Crippen molar-refractivity contribution in [2.75, 3.05) is 0 Å². The van der Waals surface area contributed by atoms with Crippen LogP contribution in [0.2, 0.25) is 0 Å². The van der Waals surface area contributed by atoms with Crippen molar-refractivity contribution in [2.24, 2.45) is 5.92 Å². The Morgan fingerprint density at radius 2 is 2.00 bits per heavy atom. The summed E-state index contributed by atoms with van der Waals surface area (Å²) in [6, 6.07) is 0. The fourth-order valence-corrected chi connectivity index (χ4v) is 2.00. The summed E-state index contributed by atoms with van der Waals surface area (Å²) in [6.45, 7) is 1.50. The topological polar surface area (TPSA) is 74.6 Å². The largest absolute Gasteiger partial charge is 0.480 e. The van der Waals surface area contributed by atoms with Crippen molar-refractivity contribution < 1.29 is 19.8 Å². The van der Waals surface area contributed by atoms with E-state index in [9.17, 15) is 9.59 Å². The molecule has 4 nitrogen and oxygen atoms in total. The van der Waals surface area contributed by atoms with E-state index in [2.05, 4.69) is 25.3 Å². The molecule has 2 atom stereocenters. The molecule has 0 saturated heterocycles. The molecule has 0 aliphatic heterocycles. The fraction of sp³-hybridized carbons (Fsp3) is 0.333. The van der Waals surface area contributed by atoms with Crippen LogP contribution in [0.15, 0.2) is 22.6 Å². The van der Waals surface area contributed by atoms with Crippen LogP contribution in [0.1, 0.15) is 6.92 Å². The van der Waals surface area contributed by atoms with E-state index in [-0.39, 0.29) is 10.5 Å². The lowest BCUT2D eigenvalue weighted by atomic mass is 9.82. The van der Waals surface area contributed by atoms with E-state index in [1.54, 1.807) is 0 Å². The van der Waals surface area contributed by atoms with Gasteiger partial charge in [-0.1, -0.05) is 19.1 Å². The van der Waals surface area contributed by atoms with Crippen molar-refractivity contribution >= 4 is 37.2 Å². The summed E-state index contributed by atoms with van der Waals surface area (Å²) in [5.41, 5.74) is -0.0294. The van der Waals surface area contributed by atoms with Gasteiger partial charge in [-0.15, -0.1) is 12.6 Å². The first-order valence-electron chi connectivity index (χ1n) is 4.12. The Labute approximate surface area is 97.5 Å². The van der Waals surface area contributed by atoms with Crippen LogP contribution in [0, 0.1) is 5.92 Å². The molecule has 0 radical (unpaired) electrons. The summed E-state index contributed by atoms with van der Waals surface area (Å²) in [5.74, 6) is -3.08. The summed E-state index contributed by atoms with van der Waals surface area (Å²) in [4.78, 5) is 22.2. The monoisotopic (exact) mass is 246 g/mol. The van der Waals surface area contributed by atoms with E-state index >= 15 is 0 Å². The second-order valence-corrected chi connectivity index (χ2v) is 4.51. The van der Waals surface area contributed by atoms with Gasteiger partial charge in [0, 0.05) is 10.8 Å². The molecule has 2 N–H and O–H groups in total. The number of carboxylic acids is 2. The summed E-state index contributed by atoms with van der Waals surface area (Å²) in [7, 11) is 0. The average molecular weight is 246 g/mol. The van der Waals surface area contributed by atoms with Crippen LogP contribution in [0.3, 0.4) is 0 Å². The molecule has 0 bridgehead atoms. The molecule has 0 amide bonds. The zero-order valence-electron chi connectivity index (χ0n) is 7.84. The number of aliphatic carboxylic acids is 2. The quantitative estimate of drug-likeness (QED) is 0.553. The minimum absolute atomic E-state index is 0.0294. The Morgan fingerprint density at radius 1 is 1.47 bits per heavy atom. The average Bonchev–Trinajstić information content (AvgIpc) is 2.11. The predicted molar refractivity (Wildman–Crippen MR) is 61.3 cm³/mol. The zero-order chi connectivity index (χ0) is 11.8. The van der Waals surface area contributed by atoms with Gasteiger partial charge in [-0.2, -0.15) is 12.6 Å². The van der Waals surface area contributed by atoms with Crippen LogP contribution >= 0.6 is 25.3 Å². The minimum Gasteiger partial charge on any atom is -0.480 e. The lowest BCUT2D eigenvalue weighted by Crippen LogP contribution is -2.41. The molecule has 0 aromatic rings. The van der Waals surface area contributed by atoms with Crippen molar-refractivity contribution in [2.45, 2.75) is 11.7 Å². The van der Waals surface area contributed by atoms with Crippen LogP contribution < -0.4 is 0 Å². The second-order valence-electron chi connectivity index (χ2n) is 3.29. The van der Waals surface area contributed by atoms with Crippen LogP contribution in [0.25, 0.3) is 0 Å². The number of carbonyl (C=O) groups is 2. The van der Waals surface area contributed by atoms with Gasteiger partial charge in [0.05, 0.1) is 5.57 Å². The highest BCUT2D eigenvalue weighted by molar-refractivity contribution is 7.85. The Balaban J connectivity index is 3.26. The molecule has 0 fully saturated rings. The molecule has 0 aromatic carbocycles. The molecule has 0 saturated carbocycles. The second kappa shape index (κ2) is 3.94. The first kappa shape index (κ1) is 12.2. The maximum Gasteiger partial charge on any atom is 0.333 e. The summed E-state index contributed by atoms with van der Waals surface area (Å²) >= 11 is 8.00. The van der Waals surface area contributed by atoms with E-state index in [0.717, 1.165) is 0 Å². The Kier molecular flexibility index (Phi) is 3.20. The van der Waals surface area contributed by atoms with E-state index < -0.39 is 22.6 Å². The number of hydrogen-bond acceptors (Lipinski definition) is 4. The lowest BCUT2D eigenvalue weighted by molar-refractivity contribution is -0.139. The molecule has 1 aliphatic rings. The van der Waals surface area contributed by atoms with Gasteiger partial charge in [-0.25, -0.2) is 4.79 Å². The Bertz CT molecular complexity index is 386. The van der Waals surface area contributed by atoms with Gasteiger partial charge >= 0.3 is 11.9 Å². The SMILES string of the molecule is CC1C(C(=O)O)=C(S)C=CC1(S)C(=O)O. The third-order valence-electron chi connectivity index (χ3n) is 2.44. The van der Waals surface area contributed by atoms with Crippen LogP contribution in [-0.4, -0.2) is 26.9 Å². The number of thiol groups is 2. The van der Waals surface area contributed by atoms with Gasteiger partial charge < -0.3 is 10.2 Å². The highest BCUT2D eigenvalue weighted by Gasteiger charge is 2.44. The minimum atomic E-state index is -1.49. The molecule has 15 heavy (non-hydrogen) atoms. The number of hydrogen-bond donors (Lipinski definition) is 4. The zero-order valence-corrected chi connectivity index (χ0v) is 9.63. The van der Waals surface area contributed by atoms with E-state index in [0.29, 0.717) is 0 Å². The van der Waals surface area contributed by atoms with Crippen LogP contribution in [0.5, 0.6) is 0 Å². The van der Waals surface area contributed by atoms with E-state index in [4.69, 9.17) is 10.2 Å². The summed E-state index contributed by atoms with van der Waals surface area (Å²) in [6.07, 6.45) is 2.70. The molecule has 0 spiro atoms.